The lowest BCUT2D eigenvalue weighted by atomic mass is 9.93. The average Bonchev–Trinajstić information content (AvgIpc) is 3.00. The van der Waals surface area contributed by atoms with E-state index < -0.39 is 0 Å². The van der Waals surface area contributed by atoms with E-state index >= 15 is 0 Å². The Bertz CT molecular complexity index is 999. The van der Waals surface area contributed by atoms with E-state index in [2.05, 4.69) is 4.98 Å². The van der Waals surface area contributed by atoms with E-state index in [9.17, 15) is 9.90 Å². The number of nitrogens with zero attached hydrogens (tertiary/aromatic N) is 2. The second-order valence-corrected chi connectivity index (χ2v) is 6.60. The number of carbonyl (C=O) groups is 1. The highest BCUT2D eigenvalue weighted by atomic mass is 16.5. The number of hydrogen-bond acceptors (Lipinski definition) is 4. The van der Waals surface area contributed by atoms with Gasteiger partial charge in [-0.05, 0) is 34.9 Å². The lowest BCUT2D eigenvalue weighted by Crippen LogP contribution is -2.29. The van der Waals surface area contributed by atoms with Gasteiger partial charge in [0.1, 0.15) is 5.75 Å². The Morgan fingerprint density at radius 3 is 2.43 bits per heavy atom. The number of benzene rings is 2. The third kappa shape index (κ3) is 3.22. The quantitative estimate of drug-likeness (QED) is 0.731. The monoisotopic (exact) mass is 372 g/mol. The van der Waals surface area contributed by atoms with Crippen molar-refractivity contribution < 1.29 is 14.6 Å². The molecule has 2 heterocycles. The van der Waals surface area contributed by atoms with Crippen LogP contribution in [0.4, 0.5) is 0 Å². The molecule has 1 aliphatic heterocycles. The van der Waals surface area contributed by atoms with Crippen molar-refractivity contribution in [3.05, 3.63) is 102 Å². The average molecular weight is 372 g/mol. The van der Waals surface area contributed by atoms with Crippen molar-refractivity contribution in [1.82, 2.24) is 9.88 Å². The number of methoxy groups -OCH3 is 1. The van der Waals surface area contributed by atoms with Crippen molar-refractivity contribution in [3.63, 3.8) is 0 Å². The van der Waals surface area contributed by atoms with Gasteiger partial charge in [-0.15, -0.1) is 0 Å². The predicted octanol–water partition coefficient (Wildman–Crippen LogP) is 4.14. The van der Waals surface area contributed by atoms with Crippen LogP contribution in [-0.2, 0) is 11.3 Å². The van der Waals surface area contributed by atoms with E-state index in [4.69, 9.17) is 4.74 Å². The zero-order valence-corrected chi connectivity index (χ0v) is 15.4. The van der Waals surface area contributed by atoms with Crippen molar-refractivity contribution >= 4 is 11.5 Å². The molecule has 5 heteroatoms. The van der Waals surface area contributed by atoms with Crippen LogP contribution in [-0.4, -0.2) is 28.0 Å². The Labute approximate surface area is 163 Å². The standard InChI is InChI=1S/C23H20N2O3/c1-28-19-11-9-17(10-12-19)20-21(18-7-3-2-4-8-18)25(23(27)22(20)26)15-16-6-5-13-24-14-16/h2-14,21,26H,15H2,1H3. The van der Waals surface area contributed by atoms with Gasteiger partial charge in [0.2, 0.25) is 0 Å². The summed E-state index contributed by atoms with van der Waals surface area (Å²) in [7, 11) is 1.60. The Morgan fingerprint density at radius 1 is 1.04 bits per heavy atom. The van der Waals surface area contributed by atoms with Gasteiger partial charge < -0.3 is 14.7 Å². The molecule has 0 aliphatic carbocycles. The maximum Gasteiger partial charge on any atom is 0.290 e. The molecule has 3 aromatic rings. The Balaban J connectivity index is 1.79. The molecule has 0 saturated carbocycles. The lowest BCUT2D eigenvalue weighted by molar-refractivity contribution is -0.130. The molecule has 1 aromatic heterocycles. The van der Waals surface area contributed by atoms with Gasteiger partial charge in [0.05, 0.1) is 13.2 Å². The van der Waals surface area contributed by atoms with Gasteiger partial charge in [-0.1, -0.05) is 48.5 Å². The first-order valence-electron chi connectivity index (χ1n) is 9.01. The first kappa shape index (κ1) is 17.8. The molecular formula is C23H20N2O3. The van der Waals surface area contributed by atoms with Crippen LogP contribution in [0.25, 0.3) is 5.57 Å². The van der Waals surface area contributed by atoms with Crippen LogP contribution in [0, 0.1) is 0 Å². The molecule has 0 saturated heterocycles. The number of aliphatic hydroxyl groups excluding tert-OH is 1. The van der Waals surface area contributed by atoms with Crippen molar-refractivity contribution in [3.8, 4) is 5.75 Å². The maximum absolute atomic E-state index is 13.0. The van der Waals surface area contributed by atoms with Crippen molar-refractivity contribution in [2.24, 2.45) is 0 Å². The first-order valence-corrected chi connectivity index (χ1v) is 9.01. The fourth-order valence-electron chi connectivity index (χ4n) is 3.55. The van der Waals surface area contributed by atoms with E-state index in [1.165, 1.54) is 0 Å². The molecule has 1 N–H and O–H groups in total. The van der Waals surface area contributed by atoms with Crippen LogP contribution in [0.2, 0.25) is 0 Å². The van der Waals surface area contributed by atoms with Crippen LogP contribution >= 0.6 is 0 Å². The van der Waals surface area contributed by atoms with Gasteiger partial charge in [-0.3, -0.25) is 9.78 Å². The molecule has 28 heavy (non-hydrogen) atoms. The van der Waals surface area contributed by atoms with E-state index in [0.29, 0.717) is 12.1 Å². The summed E-state index contributed by atoms with van der Waals surface area (Å²) in [6.07, 6.45) is 3.43. The van der Waals surface area contributed by atoms with Crippen molar-refractivity contribution in [2.75, 3.05) is 7.11 Å². The number of aromatic nitrogens is 1. The van der Waals surface area contributed by atoms with Crippen molar-refractivity contribution in [1.29, 1.82) is 0 Å². The highest BCUT2D eigenvalue weighted by Gasteiger charge is 2.40. The fraction of sp³-hybridized carbons (Fsp3) is 0.130. The number of ether oxygens (including phenoxy) is 1. The fourth-order valence-corrected chi connectivity index (χ4v) is 3.55. The van der Waals surface area contributed by atoms with Crippen LogP contribution in [0.1, 0.15) is 22.7 Å². The summed E-state index contributed by atoms with van der Waals surface area (Å²) < 4.78 is 5.23. The van der Waals surface area contributed by atoms with Crippen LogP contribution < -0.4 is 4.74 Å². The molecule has 1 atom stereocenters. The minimum absolute atomic E-state index is 0.220. The molecule has 2 aromatic carbocycles. The molecule has 1 aliphatic rings. The summed E-state index contributed by atoms with van der Waals surface area (Å²) in [5, 5.41) is 10.8. The van der Waals surface area contributed by atoms with E-state index in [1.54, 1.807) is 24.4 Å². The van der Waals surface area contributed by atoms with Crippen LogP contribution in [0.3, 0.4) is 0 Å². The summed E-state index contributed by atoms with van der Waals surface area (Å²) in [5.41, 5.74) is 3.23. The first-order chi connectivity index (χ1) is 13.7. The zero-order chi connectivity index (χ0) is 19.5. The smallest absolute Gasteiger partial charge is 0.290 e. The third-order valence-electron chi connectivity index (χ3n) is 4.90. The number of carbonyl (C=O) groups excluding carboxylic acids is 1. The minimum atomic E-state index is -0.387. The number of aliphatic hydroxyl groups is 1. The van der Waals surface area contributed by atoms with Crippen LogP contribution in [0.5, 0.6) is 5.75 Å². The van der Waals surface area contributed by atoms with E-state index in [1.807, 2.05) is 66.7 Å². The molecule has 0 radical (unpaired) electrons. The van der Waals surface area contributed by atoms with Gasteiger partial charge >= 0.3 is 0 Å². The molecule has 4 rings (SSSR count). The number of hydrogen-bond donors (Lipinski definition) is 1. The predicted molar refractivity (Wildman–Crippen MR) is 107 cm³/mol. The summed E-state index contributed by atoms with van der Waals surface area (Å²) >= 11 is 0. The molecule has 0 bridgehead atoms. The van der Waals surface area contributed by atoms with Gasteiger partial charge in [-0.25, -0.2) is 0 Å². The van der Waals surface area contributed by atoms with E-state index in [-0.39, 0.29) is 17.7 Å². The van der Waals surface area contributed by atoms with Gasteiger partial charge in [0.25, 0.3) is 5.91 Å². The molecule has 0 spiro atoms. The second-order valence-electron chi connectivity index (χ2n) is 6.60. The Hall–Kier alpha value is -3.60. The van der Waals surface area contributed by atoms with Gasteiger partial charge in [0.15, 0.2) is 5.76 Å². The SMILES string of the molecule is COc1ccc(C2=C(O)C(=O)N(Cc3cccnc3)C2c2ccccc2)cc1. The lowest BCUT2D eigenvalue weighted by Gasteiger charge is -2.27. The summed E-state index contributed by atoms with van der Waals surface area (Å²) in [6, 6.07) is 20.5. The molecular weight excluding hydrogens is 352 g/mol. The highest BCUT2D eigenvalue weighted by molar-refractivity contribution is 6.05. The maximum atomic E-state index is 13.0. The zero-order valence-electron chi connectivity index (χ0n) is 15.4. The second kappa shape index (κ2) is 7.56. The molecule has 140 valence electrons. The normalized spacial score (nSPS) is 16.5. The third-order valence-corrected chi connectivity index (χ3v) is 4.90. The van der Waals surface area contributed by atoms with Gasteiger partial charge in [0, 0.05) is 24.5 Å². The van der Waals surface area contributed by atoms with Gasteiger partial charge in [-0.2, -0.15) is 0 Å². The Kier molecular flexibility index (Phi) is 4.81. The highest BCUT2D eigenvalue weighted by Crippen LogP contribution is 2.43. The van der Waals surface area contributed by atoms with Crippen LogP contribution in [0.15, 0.2) is 84.9 Å². The Morgan fingerprint density at radius 2 is 1.79 bits per heavy atom. The number of rotatable bonds is 5. The summed E-state index contributed by atoms with van der Waals surface area (Å²) in [6.45, 7) is 0.357. The molecule has 5 nitrogen and oxygen atoms in total. The minimum Gasteiger partial charge on any atom is -0.503 e. The number of amides is 1. The summed E-state index contributed by atoms with van der Waals surface area (Å²) in [5.74, 6) is 0.114. The molecule has 1 amide bonds. The van der Waals surface area contributed by atoms with E-state index in [0.717, 1.165) is 22.4 Å². The topological polar surface area (TPSA) is 62.7 Å². The molecule has 1 unspecified atom stereocenters. The molecule has 0 fully saturated rings. The largest absolute Gasteiger partial charge is 0.503 e. The summed E-state index contributed by atoms with van der Waals surface area (Å²) in [4.78, 5) is 18.8. The van der Waals surface area contributed by atoms with Crippen molar-refractivity contribution in [2.45, 2.75) is 12.6 Å². The number of pyridine rings is 1.